The van der Waals surface area contributed by atoms with Gasteiger partial charge in [-0.15, -0.1) is 11.3 Å². The third-order valence-corrected chi connectivity index (χ3v) is 4.39. The molecule has 0 saturated carbocycles. The van der Waals surface area contributed by atoms with Gasteiger partial charge in [-0.1, -0.05) is 37.3 Å². The number of hydrogen-bond acceptors (Lipinski definition) is 5. The number of nitriles is 1. The fraction of sp³-hybridized carbons (Fsp3) is 0.150. The summed E-state index contributed by atoms with van der Waals surface area (Å²) in [6, 6.07) is 13.6. The van der Waals surface area contributed by atoms with Gasteiger partial charge in [-0.3, -0.25) is 10.1 Å². The number of fused-ring (bicyclic) bond motifs is 1. The van der Waals surface area contributed by atoms with E-state index >= 15 is 0 Å². The van der Waals surface area contributed by atoms with Crippen LogP contribution in [0.3, 0.4) is 0 Å². The van der Waals surface area contributed by atoms with Crippen LogP contribution in [0.2, 0.25) is 0 Å². The van der Waals surface area contributed by atoms with E-state index in [1.165, 1.54) is 11.3 Å². The van der Waals surface area contributed by atoms with Gasteiger partial charge >= 0.3 is 0 Å². The van der Waals surface area contributed by atoms with Crippen LogP contribution >= 0.6 is 11.3 Å². The number of thiazole rings is 1. The number of hydrogen-bond donors (Lipinski definition) is 1. The van der Waals surface area contributed by atoms with Crippen LogP contribution in [-0.4, -0.2) is 17.5 Å². The van der Waals surface area contributed by atoms with Gasteiger partial charge in [0.1, 0.15) is 17.4 Å². The molecular weight excluding hydrogens is 346 g/mol. The highest BCUT2D eigenvalue weighted by Gasteiger charge is 2.14. The number of carbonyl (C=O) groups excluding carboxylic acids is 1. The first-order chi connectivity index (χ1) is 12.7. The number of anilines is 1. The maximum atomic E-state index is 12.4. The van der Waals surface area contributed by atoms with Crippen molar-refractivity contribution in [2.75, 3.05) is 11.9 Å². The number of nitrogens with zero attached hydrogens (tertiary/aromatic N) is 2. The van der Waals surface area contributed by atoms with Gasteiger partial charge in [0.15, 0.2) is 5.13 Å². The summed E-state index contributed by atoms with van der Waals surface area (Å²) in [6.07, 6.45) is 4.04. The zero-order valence-electron chi connectivity index (χ0n) is 14.2. The lowest BCUT2D eigenvalue weighted by Crippen LogP contribution is -2.13. The Bertz CT molecular complexity index is 988. The average Bonchev–Trinajstić information content (AvgIpc) is 3.17. The number of carbonyl (C=O) groups is 1. The van der Waals surface area contributed by atoms with E-state index in [2.05, 4.69) is 10.3 Å². The molecule has 0 spiro atoms. The minimum Gasteiger partial charge on any atom is -0.493 e. The Hall–Kier alpha value is -3.17. The molecule has 1 N–H and O–H groups in total. The topological polar surface area (TPSA) is 75.0 Å². The van der Waals surface area contributed by atoms with Crippen molar-refractivity contribution < 1.29 is 9.53 Å². The molecule has 0 radical (unpaired) electrons. The molecule has 3 aromatic rings. The van der Waals surface area contributed by atoms with Gasteiger partial charge < -0.3 is 4.74 Å². The number of aromatic nitrogens is 1. The maximum Gasteiger partial charge on any atom is 0.268 e. The van der Waals surface area contributed by atoms with E-state index in [0.717, 1.165) is 22.8 Å². The Kier molecular flexibility index (Phi) is 5.62. The quantitative estimate of drug-likeness (QED) is 0.512. The summed E-state index contributed by atoms with van der Waals surface area (Å²) in [4.78, 5) is 16.4. The minimum absolute atomic E-state index is 0.00194. The predicted molar refractivity (Wildman–Crippen MR) is 104 cm³/mol. The van der Waals surface area contributed by atoms with Gasteiger partial charge in [-0.05, 0) is 29.3 Å². The van der Waals surface area contributed by atoms with Crippen molar-refractivity contribution in [2.24, 2.45) is 0 Å². The van der Waals surface area contributed by atoms with E-state index in [1.807, 2.05) is 49.4 Å². The van der Waals surface area contributed by atoms with Gasteiger partial charge in [0, 0.05) is 17.1 Å². The van der Waals surface area contributed by atoms with Crippen LogP contribution in [-0.2, 0) is 4.79 Å². The first-order valence-electron chi connectivity index (χ1n) is 8.20. The van der Waals surface area contributed by atoms with Crippen molar-refractivity contribution >= 4 is 39.2 Å². The summed E-state index contributed by atoms with van der Waals surface area (Å²) >= 11 is 1.30. The number of nitrogens with one attached hydrogen (secondary N) is 1. The monoisotopic (exact) mass is 363 g/mol. The zero-order chi connectivity index (χ0) is 18.4. The fourth-order valence-corrected chi connectivity index (χ4v) is 3.03. The van der Waals surface area contributed by atoms with E-state index in [1.54, 1.807) is 17.7 Å². The molecule has 0 aliphatic carbocycles. The van der Waals surface area contributed by atoms with Crippen LogP contribution in [0.25, 0.3) is 16.8 Å². The van der Waals surface area contributed by atoms with Gasteiger partial charge in [0.25, 0.3) is 5.91 Å². The van der Waals surface area contributed by atoms with Crippen LogP contribution in [0.4, 0.5) is 5.13 Å². The normalized spacial score (nSPS) is 11.2. The molecule has 1 aromatic heterocycles. The van der Waals surface area contributed by atoms with Crippen LogP contribution in [0.5, 0.6) is 5.75 Å². The molecule has 6 heteroatoms. The molecule has 0 aliphatic heterocycles. The van der Waals surface area contributed by atoms with Crippen LogP contribution in [0.15, 0.2) is 53.5 Å². The molecule has 130 valence electrons. The van der Waals surface area contributed by atoms with Crippen molar-refractivity contribution in [3.05, 3.63) is 59.1 Å². The lowest BCUT2D eigenvalue weighted by atomic mass is 10.0. The smallest absolute Gasteiger partial charge is 0.268 e. The maximum absolute atomic E-state index is 12.4. The summed E-state index contributed by atoms with van der Waals surface area (Å²) in [6.45, 7) is 2.59. The largest absolute Gasteiger partial charge is 0.493 e. The standard InChI is InChI=1S/C20H17N3O2S/c1-2-10-25-18-8-7-14-5-3-4-6-16(14)17(18)12-15(13-21)19(24)23-20-22-9-11-26-20/h3-9,11-12H,2,10H2,1H3,(H,22,23,24)/b15-12+. The lowest BCUT2D eigenvalue weighted by Gasteiger charge is -2.12. The highest BCUT2D eigenvalue weighted by molar-refractivity contribution is 7.13. The molecule has 0 unspecified atom stereocenters. The summed E-state index contributed by atoms with van der Waals surface area (Å²) in [5.41, 5.74) is 0.722. The van der Waals surface area contributed by atoms with Crippen molar-refractivity contribution in [3.8, 4) is 11.8 Å². The molecule has 2 aromatic carbocycles. The minimum atomic E-state index is -0.489. The summed E-state index contributed by atoms with van der Waals surface area (Å²) < 4.78 is 5.83. The Balaban J connectivity index is 2.04. The first-order valence-corrected chi connectivity index (χ1v) is 9.08. The van der Waals surface area contributed by atoms with E-state index in [0.29, 0.717) is 17.5 Å². The Labute approximate surface area is 155 Å². The molecule has 0 atom stereocenters. The highest BCUT2D eigenvalue weighted by atomic mass is 32.1. The zero-order valence-corrected chi connectivity index (χ0v) is 15.0. The third kappa shape index (κ3) is 3.90. The molecular formula is C20H17N3O2S. The van der Waals surface area contributed by atoms with Gasteiger partial charge in [-0.25, -0.2) is 4.98 Å². The fourth-order valence-electron chi connectivity index (χ4n) is 2.50. The van der Waals surface area contributed by atoms with Crippen molar-refractivity contribution in [1.29, 1.82) is 5.26 Å². The van der Waals surface area contributed by atoms with E-state index < -0.39 is 5.91 Å². The van der Waals surface area contributed by atoms with Gasteiger partial charge in [0.05, 0.1) is 6.61 Å². The second kappa shape index (κ2) is 8.28. The second-order valence-electron chi connectivity index (χ2n) is 5.51. The second-order valence-corrected chi connectivity index (χ2v) is 6.40. The molecule has 0 bridgehead atoms. The number of rotatable bonds is 6. The van der Waals surface area contributed by atoms with Crippen LogP contribution in [0.1, 0.15) is 18.9 Å². The predicted octanol–water partition coefficient (Wildman–Crippen LogP) is 4.63. The summed E-state index contributed by atoms with van der Waals surface area (Å²) in [5.74, 6) is 0.164. The van der Waals surface area contributed by atoms with Crippen LogP contribution in [0, 0.1) is 11.3 Å². The lowest BCUT2D eigenvalue weighted by molar-refractivity contribution is -0.112. The highest BCUT2D eigenvalue weighted by Crippen LogP contribution is 2.30. The third-order valence-electron chi connectivity index (χ3n) is 3.70. The molecule has 26 heavy (non-hydrogen) atoms. The average molecular weight is 363 g/mol. The number of benzene rings is 2. The van der Waals surface area contributed by atoms with Crippen LogP contribution < -0.4 is 10.1 Å². The molecule has 0 fully saturated rings. The Morgan fingerprint density at radius 2 is 2.19 bits per heavy atom. The first kappa shape index (κ1) is 17.6. The summed E-state index contributed by atoms with van der Waals surface area (Å²) in [5, 5.41) is 16.3. The molecule has 1 amide bonds. The van der Waals surface area contributed by atoms with Crippen molar-refractivity contribution in [1.82, 2.24) is 4.98 Å². The Morgan fingerprint density at radius 1 is 1.35 bits per heavy atom. The SMILES string of the molecule is CCCOc1ccc2ccccc2c1/C=C(\C#N)C(=O)Nc1nccs1. The molecule has 1 heterocycles. The summed E-state index contributed by atoms with van der Waals surface area (Å²) in [7, 11) is 0. The van der Waals surface area contributed by atoms with E-state index in [-0.39, 0.29) is 5.57 Å². The van der Waals surface area contributed by atoms with Crippen molar-refractivity contribution in [3.63, 3.8) is 0 Å². The Morgan fingerprint density at radius 3 is 2.92 bits per heavy atom. The number of amides is 1. The van der Waals surface area contributed by atoms with E-state index in [4.69, 9.17) is 4.74 Å². The molecule has 0 saturated heterocycles. The molecule has 5 nitrogen and oxygen atoms in total. The molecule has 3 rings (SSSR count). The van der Waals surface area contributed by atoms with Crippen molar-refractivity contribution in [2.45, 2.75) is 13.3 Å². The number of ether oxygens (including phenoxy) is 1. The molecule has 0 aliphatic rings. The van der Waals surface area contributed by atoms with Gasteiger partial charge in [0.2, 0.25) is 0 Å². The van der Waals surface area contributed by atoms with E-state index in [9.17, 15) is 10.1 Å². The van der Waals surface area contributed by atoms with Gasteiger partial charge in [-0.2, -0.15) is 5.26 Å².